The molecular weight excluding hydrogens is 269 g/mol. The summed E-state index contributed by atoms with van der Waals surface area (Å²) in [6, 6.07) is 15.6. The van der Waals surface area contributed by atoms with Crippen molar-refractivity contribution in [2.24, 2.45) is 0 Å². The Morgan fingerprint density at radius 3 is 2.71 bits per heavy atom. The van der Waals surface area contributed by atoms with Gasteiger partial charge < -0.3 is 0 Å². The maximum absolute atomic E-state index is 13.7. The maximum atomic E-state index is 13.7. The van der Waals surface area contributed by atoms with E-state index in [-0.39, 0.29) is 6.54 Å². The van der Waals surface area contributed by atoms with Crippen LogP contribution in [-0.4, -0.2) is 20.2 Å². The molecule has 0 unspecified atom stereocenters. The molecule has 3 rings (SSSR count). The highest BCUT2D eigenvalue weighted by Gasteiger charge is 2.09. The van der Waals surface area contributed by atoms with E-state index in [4.69, 9.17) is 5.26 Å². The monoisotopic (exact) mass is 279 g/mol. The van der Waals surface area contributed by atoms with Gasteiger partial charge in [-0.3, -0.25) is 0 Å². The molecule has 0 N–H and O–H groups in total. The highest BCUT2D eigenvalue weighted by molar-refractivity contribution is 5.53. The lowest BCUT2D eigenvalue weighted by Gasteiger charge is -2.02. The van der Waals surface area contributed by atoms with Crippen LogP contribution in [0.15, 0.2) is 48.5 Å². The lowest BCUT2D eigenvalue weighted by molar-refractivity contribution is 0.539. The van der Waals surface area contributed by atoms with Gasteiger partial charge in [0, 0.05) is 11.1 Å². The summed E-state index contributed by atoms with van der Waals surface area (Å²) in [6.07, 6.45) is 0. The minimum Gasteiger partial charge on any atom is -0.207 e. The van der Waals surface area contributed by atoms with E-state index in [1.807, 2.05) is 36.4 Å². The van der Waals surface area contributed by atoms with Gasteiger partial charge in [0.25, 0.3) is 0 Å². The maximum Gasteiger partial charge on any atom is 0.204 e. The summed E-state index contributed by atoms with van der Waals surface area (Å²) in [4.78, 5) is 1.31. The van der Waals surface area contributed by atoms with Crippen molar-refractivity contribution in [3.05, 3.63) is 65.5 Å². The van der Waals surface area contributed by atoms with Crippen molar-refractivity contribution >= 4 is 0 Å². The Morgan fingerprint density at radius 1 is 1.14 bits per heavy atom. The molecule has 0 amide bonds. The Hall–Kier alpha value is -3.07. The highest BCUT2D eigenvalue weighted by atomic mass is 19.1. The summed E-state index contributed by atoms with van der Waals surface area (Å²) < 4.78 is 13.7. The van der Waals surface area contributed by atoms with Crippen LogP contribution in [0.1, 0.15) is 11.1 Å². The van der Waals surface area contributed by atoms with E-state index < -0.39 is 5.82 Å². The zero-order valence-electron chi connectivity index (χ0n) is 10.9. The Balaban J connectivity index is 1.87. The molecule has 21 heavy (non-hydrogen) atoms. The van der Waals surface area contributed by atoms with E-state index in [9.17, 15) is 4.39 Å². The lowest BCUT2D eigenvalue weighted by atomic mass is 10.1. The van der Waals surface area contributed by atoms with E-state index in [2.05, 4.69) is 15.4 Å². The van der Waals surface area contributed by atoms with Crippen molar-refractivity contribution in [1.29, 1.82) is 5.26 Å². The van der Waals surface area contributed by atoms with Crippen LogP contribution in [0, 0.1) is 17.1 Å². The number of nitriles is 1. The lowest BCUT2D eigenvalue weighted by Crippen LogP contribution is -2.06. The second-order valence-electron chi connectivity index (χ2n) is 4.43. The van der Waals surface area contributed by atoms with Crippen LogP contribution in [0.2, 0.25) is 0 Å². The van der Waals surface area contributed by atoms with Crippen molar-refractivity contribution in [3.63, 3.8) is 0 Å². The van der Waals surface area contributed by atoms with Crippen molar-refractivity contribution in [3.8, 4) is 17.5 Å². The van der Waals surface area contributed by atoms with Gasteiger partial charge in [-0.25, -0.2) is 4.39 Å². The molecule has 0 aliphatic carbocycles. The van der Waals surface area contributed by atoms with E-state index in [1.54, 1.807) is 0 Å². The van der Waals surface area contributed by atoms with Crippen LogP contribution in [0.5, 0.6) is 0 Å². The van der Waals surface area contributed by atoms with Gasteiger partial charge in [0.2, 0.25) is 5.82 Å². The molecule has 0 atom stereocenters. The molecule has 3 aromatic rings. The second-order valence-corrected chi connectivity index (χ2v) is 4.43. The normalized spacial score (nSPS) is 10.3. The van der Waals surface area contributed by atoms with E-state index >= 15 is 0 Å². The predicted molar refractivity (Wildman–Crippen MR) is 73.5 cm³/mol. The molecule has 2 aromatic carbocycles. The smallest absolute Gasteiger partial charge is 0.204 e. The van der Waals surface area contributed by atoms with Gasteiger partial charge in [-0.05, 0) is 23.4 Å². The zero-order valence-corrected chi connectivity index (χ0v) is 10.9. The fourth-order valence-corrected chi connectivity index (χ4v) is 1.93. The van der Waals surface area contributed by atoms with Crippen molar-refractivity contribution in [2.75, 3.05) is 0 Å². The minimum atomic E-state index is -0.396. The number of hydrogen-bond donors (Lipinski definition) is 0. The average Bonchev–Trinajstić information content (AvgIpc) is 2.99. The van der Waals surface area contributed by atoms with Gasteiger partial charge in [-0.15, -0.1) is 10.2 Å². The minimum absolute atomic E-state index is 0.126. The van der Waals surface area contributed by atoms with Gasteiger partial charge in [-0.1, -0.05) is 30.3 Å². The van der Waals surface area contributed by atoms with E-state index in [0.717, 1.165) is 5.56 Å². The first-order valence-electron chi connectivity index (χ1n) is 6.28. The average molecular weight is 279 g/mol. The first-order chi connectivity index (χ1) is 10.3. The summed E-state index contributed by atoms with van der Waals surface area (Å²) in [5.74, 6) is 0.0833. The molecule has 0 radical (unpaired) electrons. The summed E-state index contributed by atoms with van der Waals surface area (Å²) in [5, 5.41) is 20.9. The van der Waals surface area contributed by atoms with Gasteiger partial charge in [0.05, 0.1) is 18.2 Å². The molecule has 0 saturated heterocycles. The van der Waals surface area contributed by atoms with Crippen LogP contribution in [0.25, 0.3) is 11.4 Å². The molecule has 0 aliphatic rings. The van der Waals surface area contributed by atoms with Crippen LogP contribution < -0.4 is 0 Å². The number of halogens is 1. The zero-order chi connectivity index (χ0) is 14.7. The third kappa shape index (κ3) is 2.77. The van der Waals surface area contributed by atoms with Gasteiger partial charge >= 0.3 is 0 Å². The van der Waals surface area contributed by atoms with Crippen molar-refractivity contribution in [2.45, 2.75) is 6.54 Å². The van der Waals surface area contributed by atoms with Gasteiger partial charge in [0.1, 0.15) is 5.82 Å². The van der Waals surface area contributed by atoms with E-state index in [1.165, 1.54) is 23.0 Å². The second kappa shape index (κ2) is 5.51. The molecule has 0 aliphatic heterocycles. The summed E-state index contributed by atoms with van der Waals surface area (Å²) in [5.41, 5.74) is 1.59. The quantitative estimate of drug-likeness (QED) is 0.738. The SMILES string of the molecule is N#Cc1ccc(F)c(Cn2nnc(-c3ccccc3)n2)c1. The van der Waals surface area contributed by atoms with Crippen LogP contribution >= 0.6 is 0 Å². The first-order valence-corrected chi connectivity index (χ1v) is 6.28. The third-order valence-electron chi connectivity index (χ3n) is 2.97. The fraction of sp³-hybridized carbons (Fsp3) is 0.0667. The largest absolute Gasteiger partial charge is 0.207 e. The molecule has 102 valence electrons. The molecule has 0 fully saturated rings. The highest BCUT2D eigenvalue weighted by Crippen LogP contribution is 2.14. The first kappa shape index (κ1) is 12.9. The number of nitrogens with zero attached hydrogens (tertiary/aromatic N) is 5. The Morgan fingerprint density at radius 2 is 1.95 bits per heavy atom. The summed E-state index contributed by atoms with van der Waals surface area (Å²) in [6.45, 7) is 0.126. The predicted octanol–water partition coefficient (Wildman–Crippen LogP) is 2.40. The Kier molecular flexibility index (Phi) is 3.39. The molecule has 5 nitrogen and oxygen atoms in total. The summed E-state index contributed by atoms with van der Waals surface area (Å²) in [7, 11) is 0. The fourth-order valence-electron chi connectivity index (χ4n) is 1.93. The van der Waals surface area contributed by atoms with Gasteiger partial charge in [0.15, 0.2) is 0 Å². The molecule has 0 saturated carbocycles. The standard InChI is InChI=1S/C15H10FN5/c16-14-7-6-11(9-17)8-13(14)10-21-19-15(18-20-21)12-4-2-1-3-5-12/h1-8H,10H2. The molecule has 6 heteroatoms. The number of tetrazole rings is 1. The molecule has 1 heterocycles. The van der Waals surface area contributed by atoms with Crippen molar-refractivity contribution in [1.82, 2.24) is 20.2 Å². The molecule has 1 aromatic heterocycles. The molecular formula is C15H10FN5. The number of benzene rings is 2. The third-order valence-corrected chi connectivity index (χ3v) is 2.97. The topological polar surface area (TPSA) is 67.4 Å². The Labute approximate surface area is 120 Å². The molecule has 0 spiro atoms. The molecule has 0 bridgehead atoms. The van der Waals surface area contributed by atoms with Crippen LogP contribution in [0.4, 0.5) is 4.39 Å². The van der Waals surface area contributed by atoms with Crippen LogP contribution in [-0.2, 0) is 6.54 Å². The van der Waals surface area contributed by atoms with E-state index in [0.29, 0.717) is 17.0 Å². The number of rotatable bonds is 3. The van der Waals surface area contributed by atoms with Gasteiger partial charge in [-0.2, -0.15) is 10.1 Å². The summed E-state index contributed by atoms with van der Waals surface area (Å²) >= 11 is 0. The van der Waals surface area contributed by atoms with Crippen LogP contribution in [0.3, 0.4) is 0 Å². The van der Waals surface area contributed by atoms with Crippen molar-refractivity contribution < 1.29 is 4.39 Å². The number of aromatic nitrogens is 4. The Bertz CT molecular complexity index is 804. The number of hydrogen-bond acceptors (Lipinski definition) is 4.